The maximum Gasteiger partial charge on any atom is 0.260 e. The van der Waals surface area contributed by atoms with Gasteiger partial charge in [0.2, 0.25) is 5.95 Å². The lowest BCUT2D eigenvalue weighted by atomic mass is 9.86. The van der Waals surface area contributed by atoms with Crippen molar-refractivity contribution in [3.8, 4) is 11.1 Å². The Labute approximate surface area is 159 Å². The lowest BCUT2D eigenvalue weighted by molar-refractivity contribution is 0.122. The lowest BCUT2D eigenvalue weighted by Gasteiger charge is -2.27. The van der Waals surface area contributed by atoms with Crippen LogP contribution in [-0.2, 0) is 10.2 Å². The normalized spacial score (nSPS) is 15.3. The van der Waals surface area contributed by atoms with Crippen molar-refractivity contribution in [2.45, 2.75) is 26.2 Å². The van der Waals surface area contributed by atoms with Gasteiger partial charge in [-0.05, 0) is 22.6 Å². The highest BCUT2D eigenvalue weighted by molar-refractivity contribution is 5.93. The van der Waals surface area contributed by atoms with E-state index in [0.29, 0.717) is 24.5 Å². The first kappa shape index (κ1) is 17.7. The van der Waals surface area contributed by atoms with Gasteiger partial charge >= 0.3 is 0 Å². The summed E-state index contributed by atoms with van der Waals surface area (Å²) in [5.74, 6) is 0.620. The molecule has 1 aliphatic heterocycles. The predicted molar refractivity (Wildman–Crippen MR) is 110 cm³/mol. The average molecular weight is 363 g/mol. The first-order chi connectivity index (χ1) is 12.9. The molecule has 0 radical (unpaired) electrons. The van der Waals surface area contributed by atoms with E-state index < -0.39 is 0 Å². The number of hydrogen-bond acceptors (Lipinski definition) is 4. The molecule has 1 aliphatic rings. The number of nitrogens with zero attached hydrogens (tertiary/aromatic N) is 2. The summed E-state index contributed by atoms with van der Waals surface area (Å²) in [6.07, 6.45) is 0. The molecule has 27 heavy (non-hydrogen) atoms. The van der Waals surface area contributed by atoms with Crippen molar-refractivity contribution in [3.63, 3.8) is 0 Å². The van der Waals surface area contributed by atoms with Crippen LogP contribution in [0.3, 0.4) is 0 Å². The fraction of sp³-hybridized carbons (Fsp3) is 0.364. The van der Waals surface area contributed by atoms with Crippen LogP contribution < -0.4 is 10.5 Å². The molecule has 4 rings (SSSR count). The van der Waals surface area contributed by atoms with E-state index in [-0.39, 0.29) is 11.0 Å². The monoisotopic (exact) mass is 363 g/mol. The Kier molecular flexibility index (Phi) is 4.48. The van der Waals surface area contributed by atoms with E-state index >= 15 is 0 Å². The second-order valence-corrected chi connectivity index (χ2v) is 8.02. The van der Waals surface area contributed by atoms with Gasteiger partial charge in [-0.3, -0.25) is 9.78 Å². The second-order valence-electron chi connectivity index (χ2n) is 8.02. The summed E-state index contributed by atoms with van der Waals surface area (Å²) < 4.78 is 5.41. The van der Waals surface area contributed by atoms with Crippen LogP contribution >= 0.6 is 0 Å². The van der Waals surface area contributed by atoms with Gasteiger partial charge in [0.15, 0.2) is 0 Å². The van der Waals surface area contributed by atoms with Crippen molar-refractivity contribution in [2.75, 3.05) is 31.2 Å². The summed E-state index contributed by atoms with van der Waals surface area (Å²) in [6.45, 7) is 9.38. The maximum absolute atomic E-state index is 12.7. The molecule has 1 aromatic heterocycles. The van der Waals surface area contributed by atoms with E-state index in [4.69, 9.17) is 9.72 Å². The van der Waals surface area contributed by atoms with Gasteiger partial charge in [-0.25, -0.2) is 4.98 Å². The number of H-pyrrole nitrogens is 1. The van der Waals surface area contributed by atoms with E-state index in [1.54, 1.807) is 0 Å². The van der Waals surface area contributed by atoms with Crippen molar-refractivity contribution in [1.82, 2.24) is 9.97 Å². The Bertz CT molecular complexity index is 1010. The number of morpholine rings is 1. The number of aromatic amines is 1. The quantitative estimate of drug-likeness (QED) is 0.754. The summed E-state index contributed by atoms with van der Waals surface area (Å²) in [5.41, 5.74) is 4.08. The van der Waals surface area contributed by atoms with Gasteiger partial charge in [-0.2, -0.15) is 0 Å². The van der Waals surface area contributed by atoms with Crippen LogP contribution in [0.2, 0.25) is 0 Å². The third kappa shape index (κ3) is 3.47. The second kappa shape index (κ2) is 6.82. The van der Waals surface area contributed by atoms with Crippen molar-refractivity contribution < 1.29 is 4.74 Å². The SMILES string of the molecule is CC(C)(C)c1ccc(-c2cccc3c(=O)[nH]c(N4CCOCC4)nc23)cc1. The van der Waals surface area contributed by atoms with Crippen molar-refractivity contribution in [3.05, 3.63) is 58.4 Å². The molecule has 0 atom stereocenters. The van der Waals surface area contributed by atoms with Gasteiger partial charge < -0.3 is 9.64 Å². The number of benzene rings is 2. The molecule has 0 bridgehead atoms. The molecule has 1 saturated heterocycles. The number of aromatic nitrogens is 2. The minimum Gasteiger partial charge on any atom is -0.378 e. The molecule has 2 heterocycles. The number of nitrogens with one attached hydrogen (secondary N) is 1. The van der Waals surface area contributed by atoms with Gasteiger partial charge in [-0.15, -0.1) is 0 Å². The van der Waals surface area contributed by atoms with Gasteiger partial charge in [0.1, 0.15) is 0 Å². The van der Waals surface area contributed by atoms with Crippen LogP contribution in [0.5, 0.6) is 0 Å². The minimum absolute atomic E-state index is 0.102. The number of rotatable bonds is 2. The van der Waals surface area contributed by atoms with Crippen molar-refractivity contribution in [2.24, 2.45) is 0 Å². The maximum atomic E-state index is 12.7. The highest BCUT2D eigenvalue weighted by Crippen LogP contribution is 2.29. The van der Waals surface area contributed by atoms with Crippen LogP contribution in [0.4, 0.5) is 5.95 Å². The summed E-state index contributed by atoms with van der Waals surface area (Å²) in [4.78, 5) is 22.5. The molecular weight excluding hydrogens is 338 g/mol. The van der Waals surface area contributed by atoms with E-state index in [1.165, 1.54) is 5.56 Å². The van der Waals surface area contributed by atoms with Gasteiger partial charge in [0.05, 0.1) is 24.1 Å². The minimum atomic E-state index is -0.102. The highest BCUT2D eigenvalue weighted by Gasteiger charge is 2.17. The highest BCUT2D eigenvalue weighted by atomic mass is 16.5. The smallest absolute Gasteiger partial charge is 0.260 e. The summed E-state index contributed by atoms with van der Waals surface area (Å²) >= 11 is 0. The fourth-order valence-electron chi connectivity index (χ4n) is 3.46. The average Bonchev–Trinajstić information content (AvgIpc) is 2.68. The molecule has 0 aliphatic carbocycles. The van der Waals surface area contributed by atoms with Crippen LogP contribution in [0.15, 0.2) is 47.3 Å². The Hall–Kier alpha value is -2.66. The molecule has 1 fully saturated rings. The number of fused-ring (bicyclic) bond motifs is 1. The summed E-state index contributed by atoms with van der Waals surface area (Å²) in [5, 5.41) is 0.615. The Morgan fingerprint density at radius 3 is 2.41 bits per heavy atom. The molecule has 5 heteroatoms. The van der Waals surface area contributed by atoms with Crippen molar-refractivity contribution in [1.29, 1.82) is 0 Å². The Balaban J connectivity index is 1.83. The number of hydrogen-bond donors (Lipinski definition) is 1. The molecule has 2 aromatic carbocycles. The Morgan fingerprint density at radius 2 is 1.74 bits per heavy atom. The molecule has 0 saturated carbocycles. The first-order valence-electron chi connectivity index (χ1n) is 9.40. The van der Waals surface area contributed by atoms with Gasteiger partial charge in [0.25, 0.3) is 5.56 Å². The third-order valence-electron chi connectivity index (χ3n) is 5.10. The van der Waals surface area contributed by atoms with Crippen LogP contribution in [0, 0.1) is 0 Å². The molecule has 1 N–H and O–H groups in total. The summed E-state index contributed by atoms with van der Waals surface area (Å²) in [7, 11) is 0. The predicted octanol–water partition coefficient (Wildman–Crippen LogP) is 3.72. The number of para-hydroxylation sites is 1. The molecule has 0 unspecified atom stereocenters. The van der Waals surface area contributed by atoms with E-state index in [9.17, 15) is 4.79 Å². The van der Waals surface area contributed by atoms with Gasteiger partial charge in [-0.1, -0.05) is 57.2 Å². The third-order valence-corrected chi connectivity index (χ3v) is 5.10. The van der Waals surface area contributed by atoms with E-state index in [1.807, 2.05) is 18.2 Å². The Morgan fingerprint density at radius 1 is 1.04 bits per heavy atom. The van der Waals surface area contributed by atoms with Crippen molar-refractivity contribution >= 4 is 16.9 Å². The number of ether oxygens (including phenoxy) is 1. The molecular formula is C22H25N3O2. The molecule has 0 spiro atoms. The largest absolute Gasteiger partial charge is 0.378 e. The molecule has 140 valence electrons. The standard InChI is InChI=1S/C22H25N3O2/c1-22(2,3)16-9-7-15(8-10-16)17-5-4-6-18-19(17)23-21(24-20(18)26)25-11-13-27-14-12-25/h4-10H,11-14H2,1-3H3,(H,23,24,26). The zero-order valence-corrected chi connectivity index (χ0v) is 16.1. The summed E-state index contributed by atoms with van der Waals surface area (Å²) in [6, 6.07) is 14.3. The van der Waals surface area contributed by atoms with Crippen LogP contribution in [0.25, 0.3) is 22.0 Å². The number of anilines is 1. The fourth-order valence-corrected chi connectivity index (χ4v) is 3.46. The van der Waals surface area contributed by atoms with E-state index in [2.05, 4.69) is 54.9 Å². The lowest BCUT2D eigenvalue weighted by Crippen LogP contribution is -2.38. The molecule has 0 amide bonds. The molecule has 3 aromatic rings. The zero-order valence-electron chi connectivity index (χ0n) is 16.1. The topological polar surface area (TPSA) is 58.2 Å². The molecule has 5 nitrogen and oxygen atoms in total. The van der Waals surface area contributed by atoms with E-state index in [0.717, 1.165) is 29.7 Å². The van der Waals surface area contributed by atoms with Gasteiger partial charge in [0, 0.05) is 18.7 Å². The van der Waals surface area contributed by atoms with Crippen LogP contribution in [-0.4, -0.2) is 36.3 Å². The van der Waals surface area contributed by atoms with Crippen LogP contribution in [0.1, 0.15) is 26.3 Å². The zero-order chi connectivity index (χ0) is 19.0. The first-order valence-corrected chi connectivity index (χ1v) is 9.40.